The number of aliphatic hydroxyl groups excluding tert-OH is 2. The largest absolute Gasteiger partial charge is 0.506 e. The summed E-state index contributed by atoms with van der Waals surface area (Å²) in [5.74, 6) is -2.49. The zero-order valence-corrected chi connectivity index (χ0v) is 16.0. The number of ketones is 2. The highest BCUT2D eigenvalue weighted by atomic mass is 16.4. The van der Waals surface area contributed by atoms with Crippen molar-refractivity contribution in [2.24, 2.45) is 11.8 Å². The van der Waals surface area contributed by atoms with Crippen LogP contribution in [0.4, 0.5) is 0 Å². The van der Waals surface area contributed by atoms with E-state index in [1.54, 1.807) is 6.08 Å². The predicted octanol–water partition coefficient (Wildman–Crippen LogP) is 2.17. The summed E-state index contributed by atoms with van der Waals surface area (Å²) in [6.45, 7) is 1.30. The van der Waals surface area contributed by atoms with Crippen LogP contribution in [-0.4, -0.2) is 45.0 Å². The van der Waals surface area contributed by atoms with Crippen molar-refractivity contribution in [1.82, 2.24) is 5.32 Å². The minimum atomic E-state index is -1.42. The summed E-state index contributed by atoms with van der Waals surface area (Å²) in [5.41, 5.74) is 0.964. The van der Waals surface area contributed by atoms with Crippen LogP contribution >= 0.6 is 0 Å². The average molecular weight is 389 g/mol. The van der Waals surface area contributed by atoms with Crippen molar-refractivity contribution >= 4 is 17.5 Å². The lowest BCUT2D eigenvalue weighted by atomic mass is 9.68. The first kappa shape index (κ1) is 20.3. The number of carboxylic acids is 1. The Labute approximate surface area is 163 Å². The third-order valence-corrected chi connectivity index (χ3v) is 6.07. The van der Waals surface area contributed by atoms with Gasteiger partial charge in [-0.3, -0.25) is 9.59 Å². The maximum absolute atomic E-state index is 12.6. The van der Waals surface area contributed by atoms with E-state index in [1.165, 1.54) is 13.3 Å². The summed E-state index contributed by atoms with van der Waals surface area (Å²) in [6.07, 6.45) is 8.73. The van der Waals surface area contributed by atoms with Crippen LogP contribution in [0.3, 0.4) is 0 Å². The molecule has 2 fully saturated rings. The highest BCUT2D eigenvalue weighted by molar-refractivity contribution is 6.49. The number of aliphatic carboxylic acids is 1. The highest BCUT2D eigenvalue weighted by Gasteiger charge is 2.35. The van der Waals surface area contributed by atoms with E-state index in [9.17, 15) is 29.7 Å². The maximum Gasteiger partial charge on any atom is 0.328 e. The van der Waals surface area contributed by atoms with Crippen LogP contribution in [0.25, 0.3) is 0 Å². The molecular weight excluding hydrogens is 362 g/mol. The second-order valence-electron chi connectivity index (χ2n) is 7.97. The molecule has 28 heavy (non-hydrogen) atoms. The van der Waals surface area contributed by atoms with Gasteiger partial charge in [0.1, 0.15) is 5.76 Å². The Kier molecular flexibility index (Phi) is 6.03. The number of Topliss-reactive ketones (excluding diaryl/α,β-unsaturated/α-hetero) is 1. The SMILES string of the molecule is C[C@@H](O)[C@H](NC1=C(/C=C2\CCCC3CCCCC23)C(=O)C(=O)C=C1O)C(=O)O. The molecule has 0 aliphatic heterocycles. The van der Waals surface area contributed by atoms with Gasteiger partial charge in [0.2, 0.25) is 11.6 Å². The highest BCUT2D eigenvalue weighted by Crippen LogP contribution is 2.44. The number of carboxylic acid groups (broad SMARTS) is 1. The Bertz CT molecular complexity index is 774. The number of aliphatic hydroxyl groups is 2. The quantitative estimate of drug-likeness (QED) is 0.420. The van der Waals surface area contributed by atoms with E-state index >= 15 is 0 Å². The van der Waals surface area contributed by atoms with Crippen molar-refractivity contribution in [3.05, 3.63) is 34.8 Å². The molecule has 0 saturated heterocycles. The Balaban J connectivity index is 2.03. The molecule has 0 aromatic heterocycles. The van der Waals surface area contributed by atoms with Crippen molar-refractivity contribution in [2.75, 3.05) is 0 Å². The number of hydrogen-bond acceptors (Lipinski definition) is 6. The van der Waals surface area contributed by atoms with Crippen LogP contribution in [0.15, 0.2) is 34.8 Å². The van der Waals surface area contributed by atoms with Gasteiger partial charge in [-0.15, -0.1) is 0 Å². The zero-order chi connectivity index (χ0) is 20.4. The van der Waals surface area contributed by atoms with Crippen molar-refractivity contribution in [2.45, 2.75) is 64.0 Å². The van der Waals surface area contributed by atoms with Crippen molar-refractivity contribution in [1.29, 1.82) is 0 Å². The average Bonchev–Trinajstić information content (AvgIpc) is 2.65. The van der Waals surface area contributed by atoms with Crippen LogP contribution < -0.4 is 5.32 Å². The normalized spacial score (nSPS) is 29.2. The Morgan fingerprint density at radius 1 is 1.21 bits per heavy atom. The molecule has 4 N–H and O–H groups in total. The van der Waals surface area contributed by atoms with E-state index in [0.29, 0.717) is 11.8 Å². The maximum atomic E-state index is 12.6. The van der Waals surface area contributed by atoms with Gasteiger partial charge < -0.3 is 20.6 Å². The molecule has 3 aliphatic carbocycles. The zero-order valence-electron chi connectivity index (χ0n) is 16.0. The fourth-order valence-electron chi connectivity index (χ4n) is 4.64. The second kappa shape index (κ2) is 8.31. The third kappa shape index (κ3) is 4.04. The van der Waals surface area contributed by atoms with Crippen LogP contribution in [0, 0.1) is 11.8 Å². The lowest BCUT2D eigenvalue weighted by molar-refractivity contribution is -0.141. The van der Waals surface area contributed by atoms with Crippen molar-refractivity contribution < 1.29 is 29.7 Å². The smallest absolute Gasteiger partial charge is 0.328 e. The van der Waals surface area contributed by atoms with Crippen LogP contribution in [0.5, 0.6) is 0 Å². The number of carbonyl (C=O) groups is 3. The van der Waals surface area contributed by atoms with Crippen molar-refractivity contribution in [3.63, 3.8) is 0 Å². The molecule has 2 saturated carbocycles. The number of nitrogens with one attached hydrogen (secondary N) is 1. The Morgan fingerprint density at radius 2 is 1.89 bits per heavy atom. The molecule has 0 amide bonds. The molecule has 0 spiro atoms. The first-order chi connectivity index (χ1) is 13.3. The van der Waals surface area contributed by atoms with E-state index in [1.807, 2.05) is 0 Å². The Morgan fingerprint density at radius 3 is 2.57 bits per heavy atom. The van der Waals surface area contributed by atoms with Crippen LogP contribution in [0.1, 0.15) is 51.9 Å². The monoisotopic (exact) mass is 389 g/mol. The minimum Gasteiger partial charge on any atom is -0.506 e. The van der Waals surface area contributed by atoms with Gasteiger partial charge >= 0.3 is 5.97 Å². The Hall–Kier alpha value is -2.41. The molecule has 3 rings (SSSR count). The van der Waals surface area contributed by atoms with Gasteiger partial charge in [0.05, 0.1) is 17.4 Å². The van der Waals surface area contributed by atoms with Gasteiger partial charge in [0.15, 0.2) is 6.04 Å². The first-order valence-corrected chi connectivity index (χ1v) is 9.91. The van der Waals surface area contributed by atoms with Gasteiger partial charge in [-0.2, -0.15) is 0 Å². The molecule has 7 heteroatoms. The molecule has 3 aliphatic rings. The number of carbonyl (C=O) groups excluding carboxylic acids is 2. The van der Waals surface area contributed by atoms with E-state index in [-0.39, 0.29) is 11.3 Å². The molecule has 152 valence electrons. The van der Waals surface area contributed by atoms with E-state index in [4.69, 9.17) is 0 Å². The third-order valence-electron chi connectivity index (χ3n) is 6.07. The molecule has 4 atom stereocenters. The molecule has 0 bridgehead atoms. The number of rotatable bonds is 5. The van der Waals surface area contributed by atoms with Gasteiger partial charge in [0.25, 0.3) is 0 Å². The molecule has 7 nitrogen and oxygen atoms in total. The summed E-state index contributed by atoms with van der Waals surface area (Å²) >= 11 is 0. The molecule has 2 unspecified atom stereocenters. The van der Waals surface area contributed by atoms with E-state index in [2.05, 4.69) is 5.32 Å². The minimum absolute atomic E-state index is 0.0156. The molecule has 0 heterocycles. The fourth-order valence-corrected chi connectivity index (χ4v) is 4.64. The predicted molar refractivity (Wildman–Crippen MR) is 101 cm³/mol. The lowest BCUT2D eigenvalue weighted by Crippen LogP contribution is -2.46. The fraction of sp³-hybridized carbons (Fsp3) is 0.571. The molecule has 0 radical (unpaired) electrons. The molecule has 0 aromatic rings. The van der Waals surface area contributed by atoms with Gasteiger partial charge in [-0.25, -0.2) is 4.79 Å². The summed E-state index contributed by atoms with van der Waals surface area (Å²) in [4.78, 5) is 36.0. The molecular formula is C21H27NO6. The van der Waals surface area contributed by atoms with Gasteiger partial charge in [-0.1, -0.05) is 18.4 Å². The standard InChI is InChI=1S/C21H27NO6/c1-11(23)18(21(27)28)22-19-15(20(26)17(25)10-16(19)24)9-13-7-4-6-12-5-2-3-8-14(12)13/h9-12,14,18,22-24H,2-8H2,1H3,(H,27,28)/b13-9+/t11-,12?,14?,18+/m1/s1. The van der Waals surface area contributed by atoms with Crippen molar-refractivity contribution in [3.8, 4) is 0 Å². The van der Waals surface area contributed by atoms with Gasteiger partial charge in [0, 0.05) is 6.08 Å². The van der Waals surface area contributed by atoms with Crippen LogP contribution in [0.2, 0.25) is 0 Å². The second-order valence-corrected chi connectivity index (χ2v) is 7.97. The van der Waals surface area contributed by atoms with E-state index < -0.39 is 35.4 Å². The van der Waals surface area contributed by atoms with Gasteiger partial charge in [-0.05, 0) is 56.9 Å². The summed E-state index contributed by atoms with van der Waals surface area (Å²) in [7, 11) is 0. The summed E-state index contributed by atoms with van der Waals surface area (Å²) in [5, 5.41) is 31.9. The topological polar surface area (TPSA) is 124 Å². The first-order valence-electron chi connectivity index (χ1n) is 9.91. The number of fused-ring (bicyclic) bond motifs is 1. The number of hydrogen-bond donors (Lipinski definition) is 4. The summed E-state index contributed by atoms with van der Waals surface area (Å²) < 4.78 is 0. The lowest BCUT2D eigenvalue weighted by Gasteiger charge is -2.38. The van der Waals surface area contributed by atoms with E-state index in [0.717, 1.165) is 50.2 Å². The van der Waals surface area contributed by atoms with Crippen LogP contribution in [-0.2, 0) is 14.4 Å². The molecule has 0 aromatic carbocycles. The number of allylic oxidation sites excluding steroid dienone is 4. The summed E-state index contributed by atoms with van der Waals surface area (Å²) in [6, 6.07) is -1.42.